The fraction of sp³-hybridized carbons (Fsp3) is 0.427. The second kappa shape index (κ2) is 39.0. The topological polar surface area (TPSA) is 203 Å². The van der Waals surface area contributed by atoms with E-state index >= 15 is 0 Å². The van der Waals surface area contributed by atoms with Gasteiger partial charge in [-0.25, -0.2) is 39.5 Å². The number of hydrogen-bond acceptors (Lipinski definition) is 14. The number of nitrogens with one attached hydrogen (secondary N) is 4. The van der Waals surface area contributed by atoms with E-state index in [1.54, 1.807) is 7.05 Å². The van der Waals surface area contributed by atoms with Crippen molar-refractivity contribution in [3.63, 3.8) is 0 Å². The lowest BCUT2D eigenvalue weighted by Gasteiger charge is -2.26. The fourth-order valence-corrected chi connectivity index (χ4v) is 13.3. The first-order valence-corrected chi connectivity index (χ1v) is 35.4. The molecule has 0 aliphatic carbocycles. The number of aliphatic imine (C=N–C) groups is 3. The average Bonchev–Trinajstić information content (AvgIpc) is 1.62. The Morgan fingerprint density at radius 2 is 0.856 bits per heavy atom. The number of anilines is 3. The number of aldehydes is 1. The Labute approximate surface area is 612 Å². The van der Waals surface area contributed by atoms with E-state index in [-0.39, 0.29) is 99.0 Å². The van der Waals surface area contributed by atoms with Crippen LogP contribution in [0.1, 0.15) is 98.2 Å². The number of hydrogen-bond donors (Lipinski definition) is 5. The molecular weight excluding hydrogens is 1430 g/mol. The van der Waals surface area contributed by atoms with Crippen molar-refractivity contribution in [2.45, 2.75) is 77.0 Å². The van der Waals surface area contributed by atoms with Gasteiger partial charge in [-0.3, -0.25) is 24.6 Å². The van der Waals surface area contributed by atoms with Gasteiger partial charge >= 0.3 is 0 Å². The van der Waals surface area contributed by atoms with Gasteiger partial charge in [0, 0.05) is 133 Å². The molecule has 0 spiro atoms. The maximum absolute atomic E-state index is 14.6. The molecule has 12 rings (SSSR count). The molecule has 558 valence electrons. The summed E-state index contributed by atoms with van der Waals surface area (Å²) in [7, 11) is 5.87. The summed E-state index contributed by atoms with van der Waals surface area (Å²) in [6, 6.07) is 14.9. The minimum atomic E-state index is -1.11. The summed E-state index contributed by atoms with van der Waals surface area (Å²) < 4.78 is 142. The maximum Gasteiger partial charge on any atom is 0.182 e. The number of amidine groups is 3. The summed E-state index contributed by atoms with van der Waals surface area (Å²) in [5.74, 6) is -5.93. The molecule has 6 aromatic carbocycles. The van der Waals surface area contributed by atoms with Crippen LogP contribution in [0, 0.1) is 70.1 Å². The molecule has 0 atom stereocenters. The molecule has 6 heterocycles. The molecule has 0 radical (unpaired) electrons. The molecule has 0 amide bonds. The highest BCUT2D eigenvalue weighted by Crippen LogP contribution is 2.37. The standard InChI is InChI=1S/C25H28ClF3N4O2.C25H27ClF3N3O2.C19H17ClF3N3O.C6H10O2/c1-33(14-15-4-8-35-9-5-15)7-6-30-23-13-18-17(12-21(28)24(29)25(18)31-23)22(32-34)11-16-2-3-20(27)19(26)10-16;1-32(14-15-4-8-34-9-5-15)7-6-30-23-13-18-17(12-21(28)24(29)25(18)31-23)22(33)11-16-2-3-20(27)19(26)10-16;1-24-4-5-25-17-9-12-11(8-15(22)18(23)19(12)26-17)16(27)7-10-2-3-14(21)13(20)6-10;7-5-6-1-3-8-4-2-6/h2-3,10,12,15,34H,4-9,11,13-14H2,1H3,(H,30,31);2-3,10,12,15H,4-9,11,13-14H2,1H3,(H,30,31);2-3,6,8,24H,4-5,7,9H2,1H3,(H,25,26);5-6H,1-4H2/b32-22+;;;. The molecule has 6 aliphatic heterocycles. The van der Waals surface area contributed by atoms with Crippen LogP contribution in [0.4, 0.5) is 56.6 Å². The highest BCUT2D eigenvalue weighted by molar-refractivity contribution is 6.31. The third-order valence-electron chi connectivity index (χ3n) is 18.4. The second-order valence-corrected chi connectivity index (χ2v) is 27.3. The first kappa shape index (κ1) is 80.3. The van der Waals surface area contributed by atoms with Gasteiger partial charge in [-0.2, -0.15) is 0 Å². The Morgan fingerprint density at radius 1 is 0.510 bits per heavy atom. The molecule has 0 saturated carbocycles. The van der Waals surface area contributed by atoms with Crippen LogP contribution < -0.4 is 21.3 Å². The van der Waals surface area contributed by atoms with Gasteiger partial charge in [-0.05, 0) is 159 Å². The smallest absolute Gasteiger partial charge is 0.182 e. The first-order chi connectivity index (χ1) is 50.0. The number of rotatable bonds is 23. The monoisotopic (exact) mass is 1510 g/mol. The third kappa shape index (κ3) is 22.2. The number of benzene rings is 6. The van der Waals surface area contributed by atoms with E-state index in [0.717, 1.165) is 135 Å². The zero-order valence-electron chi connectivity index (χ0n) is 57.7. The number of halogens is 12. The van der Waals surface area contributed by atoms with Gasteiger partial charge in [0.2, 0.25) is 0 Å². The molecule has 17 nitrogen and oxygen atoms in total. The first-order valence-electron chi connectivity index (χ1n) is 34.2. The summed E-state index contributed by atoms with van der Waals surface area (Å²) in [4.78, 5) is 53.5. The summed E-state index contributed by atoms with van der Waals surface area (Å²) >= 11 is 17.4. The van der Waals surface area contributed by atoms with Crippen molar-refractivity contribution in [3.8, 4) is 0 Å². The zero-order chi connectivity index (χ0) is 74.6. The molecule has 0 bridgehead atoms. The van der Waals surface area contributed by atoms with Crippen LogP contribution in [0.15, 0.2) is 92.9 Å². The molecule has 3 saturated heterocycles. The van der Waals surface area contributed by atoms with Gasteiger partial charge in [-0.15, -0.1) is 0 Å². The van der Waals surface area contributed by atoms with Crippen molar-refractivity contribution in [2.75, 3.05) is 129 Å². The average molecular weight is 1510 g/mol. The van der Waals surface area contributed by atoms with Crippen molar-refractivity contribution in [2.24, 2.45) is 37.9 Å². The number of carbonyl (C=O) groups excluding carboxylic acids is 3. The van der Waals surface area contributed by atoms with Crippen LogP contribution >= 0.6 is 34.8 Å². The molecule has 0 aromatic heterocycles. The molecule has 6 aliphatic rings. The minimum Gasteiger partial charge on any atom is -0.411 e. The van der Waals surface area contributed by atoms with Gasteiger partial charge in [0.15, 0.2) is 46.5 Å². The van der Waals surface area contributed by atoms with Crippen molar-refractivity contribution in [3.05, 3.63) is 190 Å². The van der Waals surface area contributed by atoms with Gasteiger partial charge in [0.1, 0.15) is 41.2 Å². The summed E-state index contributed by atoms with van der Waals surface area (Å²) in [6.07, 6.45) is 7.60. The van der Waals surface area contributed by atoms with Crippen LogP contribution in [0.2, 0.25) is 15.1 Å². The molecule has 104 heavy (non-hydrogen) atoms. The van der Waals surface area contributed by atoms with Crippen molar-refractivity contribution >= 4 is 92.9 Å². The van der Waals surface area contributed by atoms with Crippen LogP contribution in [0.25, 0.3) is 0 Å². The minimum absolute atomic E-state index is 0.00685. The molecule has 5 N–H and O–H groups in total. The number of nitrogens with zero attached hydrogens (tertiary/aromatic N) is 6. The quantitative estimate of drug-likeness (QED) is 0.00772. The summed E-state index contributed by atoms with van der Waals surface area (Å²) in [5.41, 5.74) is 3.18. The van der Waals surface area contributed by atoms with E-state index in [1.165, 1.54) is 48.5 Å². The van der Waals surface area contributed by atoms with E-state index in [0.29, 0.717) is 88.9 Å². The Morgan fingerprint density at radius 3 is 1.20 bits per heavy atom. The van der Waals surface area contributed by atoms with Crippen LogP contribution in [-0.2, 0) is 57.5 Å². The Kier molecular flexibility index (Phi) is 30.1. The number of likely N-dealkylation sites (N-methyl/N-ethyl adjacent to an activating group) is 3. The van der Waals surface area contributed by atoms with E-state index in [9.17, 15) is 59.1 Å². The van der Waals surface area contributed by atoms with Crippen molar-refractivity contribution < 1.29 is 73.3 Å². The highest BCUT2D eigenvalue weighted by Gasteiger charge is 2.32. The Hall–Kier alpha value is -7.79. The van der Waals surface area contributed by atoms with Crippen LogP contribution in [-0.4, -0.2) is 169 Å². The molecular formula is C75H82Cl3F9N10O7. The summed E-state index contributed by atoms with van der Waals surface area (Å²) in [6.45, 7) is 10.3. The zero-order valence-corrected chi connectivity index (χ0v) is 60.0. The molecule has 3 fully saturated rings. The van der Waals surface area contributed by atoms with Gasteiger partial charge < -0.3 is 55.3 Å². The normalized spacial score (nSPS) is 17.1. The molecule has 0 unspecified atom stereocenters. The number of fused-ring (bicyclic) bond motifs is 3. The lowest BCUT2D eigenvalue weighted by atomic mass is 9.95. The number of carbonyl (C=O) groups is 3. The molecule has 29 heteroatoms. The molecule has 6 aromatic rings. The lowest BCUT2D eigenvalue weighted by molar-refractivity contribution is -0.113. The van der Waals surface area contributed by atoms with E-state index < -0.39 is 63.9 Å². The predicted octanol–water partition coefficient (Wildman–Crippen LogP) is 14.2. The summed E-state index contributed by atoms with van der Waals surface area (Å²) in [5, 5.41) is 24.2. The fourth-order valence-electron chi connectivity index (χ4n) is 12.7. The van der Waals surface area contributed by atoms with Gasteiger partial charge in [-0.1, -0.05) is 58.2 Å². The largest absolute Gasteiger partial charge is 0.411 e. The Bertz CT molecular complexity index is 4170. The van der Waals surface area contributed by atoms with E-state index in [1.807, 2.05) is 14.1 Å². The van der Waals surface area contributed by atoms with Crippen LogP contribution in [0.5, 0.6) is 0 Å². The lowest BCUT2D eigenvalue weighted by Crippen LogP contribution is -2.31. The second-order valence-electron chi connectivity index (χ2n) is 26.1. The highest BCUT2D eigenvalue weighted by atomic mass is 35.5. The van der Waals surface area contributed by atoms with Crippen molar-refractivity contribution in [1.29, 1.82) is 0 Å². The van der Waals surface area contributed by atoms with Gasteiger partial charge in [0.05, 0.1) is 57.5 Å². The maximum atomic E-state index is 14.6. The van der Waals surface area contributed by atoms with Crippen molar-refractivity contribution in [1.82, 2.24) is 15.1 Å². The Balaban J connectivity index is 0.000000172. The van der Waals surface area contributed by atoms with E-state index in [4.69, 9.17) is 49.0 Å². The van der Waals surface area contributed by atoms with Crippen LogP contribution in [0.3, 0.4) is 0 Å². The number of ether oxygens (including phenoxy) is 3. The van der Waals surface area contributed by atoms with Gasteiger partial charge in [0.25, 0.3) is 0 Å². The van der Waals surface area contributed by atoms with E-state index in [2.05, 4.69) is 51.2 Å². The SMILES string of the molecule is CN(CCN=C1Cc2c(/C(Cc3ccc(F)c(Cl)c3)=N/O)cc(F)c(F)c2N1)CC1CCOCC1.CN(CCN=C1Cc2c(C(=O)Cc3ccc(F)c(Cl)c3)cc(F)c(F)c2N1)CC1CCOCC1.CNCCN=C1Cc2c(C(=O)Cc3ccc(F)c(Cl)c3)cc(F)c(F)c2N1.O=CC1CCOCC1. The third-order valence-corrected chi connectivity index (χ3v) is 19.3. The number of Topliss-reactive ketones (excluding diaryl/α,β-unsaturated/α-hetero) is 2. The predicted molar refractivity (Wildman–Crippen MR) is 386 cm³/mol. The number of oxime groups is 1. The number of ketones is 2.